The first kappa shape index (κ1) is 24.5. The molecule has 36 heavy (non-hydrogen) atoms. The lowest BCUT2D eigenvalue weighted by molar-refractivity contribution is -0.117. The molecule has 0 saturated carbocycles. The topological polar surface area (TPSA) is 96.5 Å². The Kier molecular flexibility index (Phi) is 6.85. The Balaban J connectivity index is 1.52. The first-order valence-electron chi connectivity index (χ1n) is 10.3. The Morgan fingerprint density at radius 2 is 1.97 bits per heavy atom. The third-order valence-corrected chi connectivity index (χ3v) is 8.03. The van der Waals surface area contributed by atoms with E-state index in [2.05, 4.69) is 10.2 Å². The number of anilines is 1. The molecule has 0 radical (unpaired) electrons. The molecule has 4 aromatic rings. The molecule has 1 N–H and O–H groups in total. The summed E-state index contributed by atoms with van der Waals surface area (Å²) >= 11 is 14.8. The van der Waals surface area contributed by atoms with Crippen molar-refractivity contribution in [1.82, 2.24) is 10.2 Å². The number of rotatable bonds is 7. The lowest BCUT2D eigenvalue weighted by Crippen LogP contribution is -2.31. The molecule has 1 aliphatic rings. The number of carbonyl (C=O) groups excluding carboxylic acids is 2. The van der Waals surface area contributed by atoms with Crippen LogP contribution < -0.4 is 4.90 Å². The number of Topliss-reactive ketones (excluding diaryl/α,β-unsaturated/α-hetero) is 1. The molecular formula is C24H14Cl2FN3O4S2. The Labute approximate surface area is 222 Å². The van der Waals surface area contributed by atoms with Gasteiger partial charge in [-0.1, -0.05) is 70.6 Å². The van der Waals surface area contributed by atoms with Crippen LogP contribution in [0.3, 0.4) is 0 Å². The van der Waals surface area contributed by atoms with Crippen molar-refractivity contribution in [2.45, 2.75) is 16.1 Å². The second-order valence-corrected chi connectivity index (χ2v) is 10.6. The van der Waals surface area contributed by atoms with Crippen LogP contribution in [0.15, 0.2) is 80.9 Å². The molecule has 1 unspecified atom stereocenters. The van der Waals surface area contributed by atoms with Crippen LogP contribution in [0, 0.1) is 5.82 Å². The number of ketones is 1. The molecule has 0 spiro atoms. The van der Waals surface area contributed by atoms with Gasteiger partial charge in [-0.2, -0.15) is 0 Å². The van der Waals surface area contributed by atoms with Crippen LogP contribution in [0.25, 0.3) is 0 Å². The van der Waals surface area contributed by atoms with Gasteiger partial charge in [-0.3, -0.25) is 14.5 Å². The van der Waals surface area contributed by atoms with E-state index in [0.717, 1.165) is 16.2 Å². The summed E-state index contributed by atoms with van der Waals surface area (Å²) in [6.07, 6.45) is 1.31. The van der Waals surface area contributed by atoms with Gasteiger partial charge in [0.1, 0.15) is 5.82 Å². The van der Waals surface area contributed by atoms with Gasteiger partial charge < -0.3 is 9.52 Å². The molecule has 12 heteroatoms. The second kappa shape index (κ2) is 10.1. The van der Waals surface area contributed by atoms with Gasteiger partial charge in [0.2, 0.25) is 10.9 Å². The fourth-order valence-corrected chi connectivity index (χ4v) is 6.07. The minimum atomic E-state index is -1.11. The number of benzene rings is 2. The molecule has 0 bridgehead atoms. The van der Waals surface area contributed by atoms with Crippen molar-refractivity contribution in [2.75, 3.05) is 4.90 Å². The molecule has 1 atom stereocenters. The van der Waals surface area contributed by atoms with E-state index in [1.165, 1.54) is 42.3 Å². The zero-order chi connectivity index (χ0) is 25.4. The molecule has 5 rings (SSSR count). The monoisotopic (exact) mass is 561 g/mol. The number of aliphatic hydroxyl groups excluding tert-OH is 1. The van der Waals surface area contributed by atoms with Gasteiger partial charge in [0.15, 0.2) is 15.9 Å². The van der Waals surface area contributed by atoms with E-state index in [1.54, 1.807) is 30.3 Å². The summed E-state index contributed by atoms with van der Waals surface area (Å²) in [6.45, 7) is 0. The first-order chi connectivity index (χ1) is 17.3. The van der Waals surface area contributed by atoms with Crippen LogP contribution in [0.5, 0.6) is 0 Å². The van der Waals surface area contributed by atoms with Gasteiger partial charge in [-0.25, -0.2) is 4.39 Å². The predicted octanol–water partition coefficient (Wildman–Crippen LogP) is 6.65. The van der Waals surface area contributed by atoms with Crippen molar-refractivity contribution in [2.24, 2.45) is 0 Å². The quantitative estimate of drug-likeness (QED) is 0.153. The van der Waals surface area contributed by atoms with Gasteiger partial charge in [-0.15, -0.1) is 10.2 Å². The van der Waals surface area contributed by atoms with Gasteiger partial charge in [-0.05, 0) is 41.5 Å². The molecule has 7 nitrogen and oxygen atoms in total. The zero-order valence-electron chi connectivity index (χ0n) is 18.0. The van der Waals surface area contributed by atoms with Gasteiger partial charge in [0.05, 0.1) is 17.9 Å². The van der Waals surface area contributed by atoms with E-state index in [4.69, 9.17) is 27.6 Å². The summed E-state index contributed by atoms with van der Waals surface area (Å²) < 4.78 is 19.7. The second-order valence-electron chi connectivity index (χ2n) is 7.54. The smallest absolute Gasteiger partial charge is 0.296 e. The molecule has 2 aromatic carbocycles. The normalized spacial score (nSPS) is 15.7. The number of amides is 1. The van der Waals surface area contributed by atoms with Crippen molar-refractivity contribution in [3.8, 4) is 0 Å². The number of carbonyl (C=O) groups is 2. The molecule has 1 amide bonds. The van der Waals surface area contributed by atoms with E-state index in [9.17, 15) is 19.1 Å². The standard InChI is InChI=1S/C24H14Cl2FN3O4S2/c25-13-7-8-14(15(26)10-13)19-18(20(31)17-6-3-9-34-17)21(32)22(33)30(19)23-28-29-24(36-23)35-11-12-4-1-2-5-16(12)27/h1-10,19,32H,11H2. The minimum absolute atomic E-state index is 0.0558. The number of furan rings is 1. The van der Waals surface area contributed by atoms with E-state index in [-0.39, 0.29) is 27.3 Å². The van der Waals surface area contributed by atoms with Gasteiger partial charge in [0.25, 0.3) is 5.91 Å². The molecule has 3 heterocycles. The maximum atomic E-state index is 14.0. The third-order valence-electron chi connectivity index (χ3n) is 5.37. The van der Waals surface area contributed by atoms with E-state index in [1.807, 2.05) is 0 Å². The van der Waals surface area contributed by atoms with E-state index >= 15 is 0 Å². The Hall–Kier alpha value is -3.18. The Morgan fingerprint density at radius 3 is 2.69 bits per heavy atom. The fourth-order valence-electron chi connectivity index (χ4n) is 3.71. The molecule has 0 saturated heterocycles. The number of hydrogen-bond acceptors (Lipinski definition) is 8. The molecule has 2 aromatic heterocycles. The molecule has 0 fully saturated rings. The van der Waals surface area contributed by atoms with Gasteiger partial charge in [0, 0.05) is 15.8 Å². The number of aromatic nitrogens is 2. The number of aliphatic hydroxyl groups is 1. The van der Waals surface area contributed by atoms with E-state index in [0.29, 0.717) is 26.2 Å². The first-order valence-corrected chi connectivity index (χ1v) is 12.9. The van der Waals surface area contributed by atoms with Crippen molar-refractivity contribution >= 4 is 63.1 Å². The highest BCUT2D eigenvalue weighted by Crippen LogP contribution is 2.46. The van der Waals surface area contributed by atoms with Crippen LogP contribution in [-0.2, 0) is 10.5 Å². The molecule has 0 aliphatic carbocycles. The van der Waals surface area contributed by atoms with E-state index < -0.39 is 23.5 Å². The van der Waals surface area contributed by atoms with Crippen LogP contribution in [-0.4, -0.2) is 27.0 Å². The highest BCUT2D eigenvalue weighted by molar-refractivity contribution is 8.00. The van der Waals surface area contributed by atoms with Crippen LogP contribution in [0.4, 0.5) is 9.52 Å². The lowest BCUT2D eigenvalue weighted by Gasteiger charge is -2.24. The fraction of sp³-hybridized carbons (Fsp3) is 0.0833. The Bertz CT molecular complexity index is 1510. The zero-order valence-corrected chi connectivity index (χ0v) is 21.2. The van der Waals surface area contributed by atoms with Crippen LogP contribution in [0.1, 0.15) is 27.7 Å². The summed E-state index contributed by atoms with van der Waals surface area (Å²) in [6, 6.07) is 12.8. The summed E-state index contributed by atoms with van der Waals surface area (Å²) in [5, 5.41) is 19.7. The lowest BCUT2D eigenvalue weighted by atomic mass is 9.95. The van der Waals surface area contributed by atoms with Crippen molar-refractivity contribution in [3.63, 3.8) is 0 Å². The summed E-state index contributed by atoms with van der Waals surface area (Å²) in [5.74, 6) is -2.36. The van der Waals surface area contributed by atoms with Crippen LogP contribution in [0.2, 0.25) is 10.0 Å². The maximum absolute atomic E-state index is 14.0. The summed E-state index contributed by atoms with van der Waals surface area (Å²) in [4.78, 5) is 27.7. The number of nitrogens with zero attached hydrogens (tertiary/aromatic N) is 3. The highest BCUT2D eigenvalue weighted by Gasteiger charge is 2.47. The van der Waals surface area contributed by atoms with Gasteiger partial charge >= 0.3 is 0 Å². The largest absolute Gasteiger partial charge is 0.503 e. The van der Waals surface area contributed by atoms with Crippen molar-refractivity contribution < 1.29 is 23.5 Å². The van der Waals surface area contributed by atoms with Crippen LogP contribution >= 0.6 is 46.3 Å². The predicted molar refractivity (Wildman–Crippen MR) is 135 cm³/mol. The maximum Gasteiger partial charge on any atom is 0.296 e. The summed E-state index contributed by atoms with van der Waals surface area (Å²) in [5.41, 5.74) is 0.632. The SMILES string of the molecule is O=C(C1=C(O)C(=O)N(c2nnc(SCc3ccccc3F)s2)C1c1ccc(Cl)cc1Cl)c1ccco1. The van der Waals surface area contributed by atoms with Crippen molar-refractivity contribution in [3.05, 3.63) is 105 Å². The highest BCUT2D eigenvalue weighted by atomic mass is 35.5. The number of hydrogen-bond donors (Lipinski definition) is 1. The number of thioether (sulfide) groups is 1. The molecule has 1 aliphatic heterocycles. The minimum Gasteiger partial charge on any atom is -0.503 e. The molecule has 182 valence electrons. The van der Waals surface area contributed by atoms with Crippen molar-refractivity contribution in [1.29, 1.82) is 0 Å². The average molecular weight is 562 g/mol. The summed E-state index contributed by atoms with van der Waals surface area (Å²) in [7, 11) is 0. The molecular weight excluding hydrogens is 548 g/mol. The third kappa shape index (κ3) is 4.53. The Morgan fingerprint density at radius 1 is 1.17 bits per heavy atom. The average Bonchev–Trinajstić information content (AvgIpc) is 3.60. The number of halogens is 3.